The van der Waals surface area contributed by atoms with Gasteiger partial charge in [-0.25, -0.2) is 8.42 Å². The summed E-state index contributed by atoms with van der Waals surface area (Å²) in [5.74, 6) is 0. The molecule has 0 amide bonds. The minimum Gasteiger partial charge on any atom is -0.411 e. The molecule has 0 atom stereocenters. The second-order valence-electron chi connectivity index (χ2n) is 2.84. The first-order chi connectivity index (χ1) is 6.50. The van der Waals surface area contributed by atoms with Crippen molar-refractivity contribution in [3.8, 4) is 0 Å². The Morgan fingerprint density at radius 3 is 2.86 bits per heavy atom. The van der Waals surface area contributed by atoms with E-state index in [0.29, 0.717) is 4.85 Å². The first kappa shape index (κ1) is 8.95. The van der Waals surface area contributed by atoms with Gasteiger partial charge in [-0.1, -0.05) is 4.85 Å². The van der Waals surface area contributed by atoms with Gasteiger partial charge < -0.3 is 5.21 Å². The molecule has 0 aliphatic rings. The van der Waals surface area contributed by atoms with Gasteiger partial charge >= 0.3 is 0 Å². The molecule has 0 bridgehead atoms. The number of rotatable bonds is 1. The van der Waals surface area contributed by atoms with Crippen molar-refractivity contribution in [3.63, 3.8) is 0 Å². The SMILES string of the molecule is CS(=O)(=O)c1nn(O)c2cccnc12. The van der Waals surface area contributed by atoms with E-state index in [1.165, 1.54) is 12.3 Å². The predicted octanol–water partition coefficient (Wildman–Crippen LogP) is 0.0721. The van der Waals surface area contributed by atoms with Crippen LogP contribution in [0.15, 0.2) is 23.4 Å². The van der Waals surface area contributed by atoms with Crippen molar-refractivity contribution < 1.29 is 13.6 Å². The summed E-state index contributed by atoms with van der Waals surface area (Å²) in [5.41, 5.74) is 0.449. The molecule has 0 spiro atoms. The molecule has 2 heterocycles. The van der Waals surface area contributed by atoms with Crippen LogP contribution < -0.4 is 0 Å². The molecular formula is C7H7N3O3S. The lowest BCUT2D eigenvalue weighted by molar-refractivity contribution is 0.157. The van der Waals surface area contributed by atoms with Crippen LogP contribution in [0.25, 0.3) is 11.0 Å². The van der Waals surface area contributed by atoms with Crippen LogP contribution in [0, 0.1) is 0 Å². The second-order valence-corrected chi connectivity index (χ2v) is 4.77. The molecule has 0 saturated carbocycles. The number of hydrogen-bond donors (Lipinski definition) is 1. The van der Waals surface area contributed by atoms with Crippen molar-refractivity contribution in [1.29, 1.82) is 0 Å². The van der Waals surface area contributed by atoms with Gasteiger partial charge in [0.05, 0.1) is 0 Å². The van der Waals surface area contributed by atoms with Crippen LogP contribution in [-0.4, -0.2) is 34.8 Å². The quantitative estimate of drug-likeness (QED) is 0.677. The Kier molecular flexibility index (Phi) is 1.71. The maximum Gasteiger partial charge on any atom is 0.206 e. The van der Waals surface area contributed by atoms with Gasteiger partial charge in [0, 0.05) is 12.5 Å². The normalized spacial score (nSPS) is 12.1. The van der Waals surface area contributed by atoms with Crippen LogP contribution in [0.5, 0.6) is 0 Å². The lowest BCUT2D eigenvalue weighted by atomic mass is 10.4. The molecule has 6 nitrogen and oxygen atoms in total. The van der Waals surface area contributed by atoms with E-state index in [1.807, 2.05) is 0 Å². The topological polar surface area (TPSA) is 85.1 Å². The maximum absolute atomic E-state index is 11.2. The summed E-state index contributed by atoms with van der Waals surface area (Å²) in [4.78, 5) is 4.36. The minimum absolute atomic E-state index is 0.178. The zero-order valence-electron chi connectivity index (χ0n) is 7.25. The fourth-order valence-corrected chi connectivity index (χ4v) is 1.89. The van der Waals surface area contributed by atoms with Gasteiger partial charge in [0.15, 0.2) is 9.84 Å². The molecule has 0 fully saturated rings. The lowest BCUT2D eigenvalue weighted by Crippen LogP contribution is -2.00. The Labute approximate surface area is 79.7 Å². The van der Waals surface area contributed by atoms with E-state index in [-0.39, 0.29) is 16.1 Å². The molecule has 0 saturated heterocycles. The second kappa shape index (κ2) is 2.68. The van der Waals surface area contributed by atoms with E-state index in [0.717, 1.165) is 6.26 Å². The Hall–Kier alpha value is -1.63. The van der Waals surface area contributed by atoms with Crippen molar-refractivity contribution in [2.45, 2.75) is 5.03 Å². The molecule has 14 heavy (non-hydrogen) atoms. The molecule has 1 N–H and O–H groups in total. The molecule has 2 rings (SSSR count). The number of fused-ring (bicyclic) bond motifs is 1. The monoisotopic (exact) mass is 213 g/mol. The Morgan fingerprint density at radius 1 is 1.50 bits per heavy atom. The van der Waals surface area contributed by atoms with Gasteiger partial charge in [-0.3, -0.25) is 4.98 Å². The third-order valence-corrected chi connectivity index (χ3v) is 2.72. The molecule has 2 aromatic heterocycles. The highest BCUT2D eigenvalue weighted by Crippen LogP contribution is 2.18. The van der Waals surface area contributed by atoms with E-state index < -0.39 is 9.84 Å². The minimum atomic E-state index is -3.46. The molecule has 2 aromatic rings. The van der Waals surface area contributed by atoms with E-state index in [1.54, 1.807) is 6.07 Å². The number of nitrogens with zero attached hydrogens (tertiary/aromatic N) is 3. The van der Waals surface area contributed by atoms with Crippen molar-refractivity contribution in [2.75, 3.05) is 6.26 Å². The van der Waals surface area contributed by atoms with E-state index in [2.05, 4.69) is 10.1 Å². The Balaban J connectivity index is 2.93. The molecule has 0 aromatic carbocycles. The van der Waals surface area contributed by atoms with E-state index in [9.17, 15) is 13.6 Å². The Morgan fingerprint density at radius 2 is 2.21 bits per heavy atom. The van der Waals surface area contributed by atoms with E-state index >= 15 is 0 Å². The number of hydrogen-bond acceptors (Lipinski definition) is 5. The van der Waals surface area contributed by atoms with Crippen LogP contribution >= 0.6 is 0 Å². The van der Waals surface area contributed by atoms with Gasteiger partial charge in [0.25, 0.3) is 0 Å². The number of sulfone groups is 1. The fraction of sp³-hybridized carbons (Fsp3) is 0.143. The molecule has 74 valence electrons. The van der Waals surface area contributed by atoms with Crippen molar-refractivity contribution in [2.24, 2.45) is 0 Å². The smallest absolute Gasteiger partial charge is 0.206 e. The number of pyridine rings is 1. The van der Waals surface area contributed by atoms with Gasteiger partial charge in [-0.05, 0) is 12.1 Å². The number of aromatic nitrogens is 3. The third kappa shape index (κ3) is 1.22. The summed E-state index contributed by atoms with van der Waals surface area (Å²) in [6, 6.07) is 3.12. The average molecular weight is 213 g/mol. The summed E-state index contributed by atoms with van der Waals surface area (Å²) in [6.45, 7) is 0. The van der Waals surface area contributed by atoms with Gasteiger partial charge in [-0.2, -0.15) is 0 Å². The molecular weight excluding hydrogens is 206 g/mol. The van der Waals surface area contributed by atoms with Gasteiger partial charge in [0.2, 0.25) is 5.03 Å². The molecule has 7 heteroatoms. The maximum atomic E-state index is 11.2. The largest absolute Gasteiger partial charge is 0.411 e. The first-order valence-corrected chi connectivity index (χ1v) is 5.62. The molecule has 0 aliphatic carbocycles. The van der Waals surface area contributed by atoms with Crippen LogP contribution in [0.4, 0.5) is 0 Å². The zero-order chi connectivity index (χ0) is 10.3. The van der Waals surface area contributed by atoms with E-state index in [4.69, 9.17) is 0 Å². The van der Waals surface area contributed by atoms with Gasteiger partial charge in [-0.15, -0.1) is 5.10 Å². The summed E-state index contributed by atoms with van der Waals surface area (Å²) >= 11 is 0. The van der Waals surface area contributed by atoms with Crippen LogP contribution in [0.1, 0.15) is 0 Å². The third-order valence-electron chi connectivity index (χ3n) is 1.74. The fourth-order valence-electron chi connectivity index (χ4n) is 1.16. The summed E-state index contributed by atoms with van der Waals surface area (Å²) in [7, 11) is -3.46. The van der Waals surface area contributed by atoms with Crippen LogP contribution in [0.3, 0.4) is 0 Å². The Bertz CT molecular complexity index is 587. The van der Waals surface area contributed by atoms with Crippen LogP contribution in [-0.2, 0) is 9.84 Å². The highest BCUT2D eigenvalue weighted by atomic mass is 32.2. The summed E-state index contributed by atoms with van der Waals surface area (Å²) in [5, 5.41) is 12.5. The molecule has 0 unspecified atom stereocenters. The predicted molar refractivity (Wildman–Crippen MR) is 47.8 cm³/mol. The van der Waals surface area contributed by atoms with Crippen molar-refractivity contribution in [3.05, 3.63) is 18.3 Å². The summed E-state index contributed by atoms with van der Waals surface area (Å²) in [6.07, 6.45) is 2.46. The summed E-state index contributed by atoms with van der Waals surface area (Å²) < 4.78 is 22.5. The van der Waals surface area contributed by atoms with Crippen molar-refractivity contribution >= 4 is 20.9 Å². The highest BCUT2D eigenvalue weighted by molar-refractivity contribution is 7.90. The standard InChI is InChI=1S/C7H7N3O3S/c1-14(12,13)7-6-5(10(11)9-7)3-2-4-8-6/h2-4,11H,1H3. The lowest BCUT2D eigenvalue weighted by Gasteiger charge is -1.89. The molecule has 0 radical (unpaired) electrons. The highest BCUT2D eigenvalue weighted by Gasteiger charge is 2.19. The average Bonchev–Trinajstić information content (AvgIpc) is 2.44. The molecule has 0 aliphatic heterocycles. The van der Waals surface area contributed by atoms with Crippen LogP contribution in [0.2, 0.25) is 0 Å². The van der Waals surface area contributed by atoms with Gasteiger partial charge in [0.1, 0.15) is 11.0 Å². The first-order valence-electron chi connectivity index (χ1n) is 3.73. The zero-order valence-corrected chi connectivity index (χ0v) is 8.06. The van der Waals surface area contributed by atoms with Crippen molar-refractivity contribution in [1.82, 2.24) is 14.9 Å².